The molecule has 18 heavy (non-hydrogen) atoms. The predicted octanol–water partition coefficient (Wildman–Crippen LogP) is 4.24. The summed E-state index contributed by atoms with van der Waals surface area (Å²) in [6, 6.07) is 5.21. The summed E-state index contributed by atoms with van der Waals surface area (Å²) in [5.74, 6) is 0.888. The zero-order valence-electron chi connectivity index (χ0n) is 9.94. The molecule has 3 rings (SSSR count). The van der Waals surface area contributed by atoms with Crippen LogP contribution >= 0.6 is 23.1 Å². The topological polar surface area (TPSA) is 24.9 Å². The SMILES string of the molecule is Cc1cnc(NC2CCSc3ccc(F)cc32)s1. The van der Waals surface area contributed by atoms with Crippen LogP contribution in [-0.4, -0.2) is 10.7 Å². The summed E-state index contributed by atoms with van der Waals surface area (Å²) in [4.78, 5) is 6.67. The number of hydrogen-bond donors (Lipinski definition) is 1. The molecule has 2 heterocycles. The smallest absolute Gasteiger partial charge is 0.183 e. The summed E-state index contributed by atoms with van der Waals surface area (Å²) in [7, 11) is 0. The number of aryl methyl sites for hydroxylation is 1. The number of nitrogens with zero attached hydrogens (tertiary/aromatic N) is 1. The molecule has 1 unspecified atom stereocenters. The van der Waals surface area contributed by atoms with Crippen molar-refractivity contribution in [3.63, 3.8) is 0 Å². The van der Waals surface area contributed by atoms with Gasteiger partial charge in [-0.25, -0.2) is 9.37 Å². The first-order valence-corrected chi connectivity index (χ1v) is 7.64. The van der Waals surface area contributed by atoms with Gasteiger partial charge in [0.1, 0.15) is 5.82 Å². The lowest BCUT2D eigenvalue weighted by molar-refractivity contribution is 0.616. The number of rotatable bonds is 2. The Hall–Kier alpha value is -1.07. The summed E-state index contributed by atoms with van der Waals surface area (Å²) >= 11 is 3.43. The Labute approximate surface area is 114 Å². The van der Waals surface area contributed by atoms with Gasteiger partial charge in [-0.05, 0) is 37.1 Å². The van der Waals surface area contributed by atoms with Crippen molar-refractivity contribution in [3.05, 3.63) is 40.7 Å². The molecule has 2 nitrogen and oxygen atoms in total. The van der Waals surface area contributed by atoms with Crippen LogP contribution < -0.4 is 5.32 Å². The summed E-state index contributed by atoms with van der Waals surface area (Å²) < 4.78 is 13.4. The average molecular weight is 280 g/mol. The summed E-state index contributed by atoms with van der Waals surface area (Å²) in [5, 5.41) is 4.33. The van der Waals surface area contributed by atoms with E-state index in [1.165, 1.54) is 15.8 Å². The van der Waals surface area contributed by atoms with E-state index in [0.29, 0.717) is 0 Å². The van der Waals surface area contributed by atoms with E-state index in [4.69, 9.17) is 0 Å². The van der Waals surface area contributed by atoms with Crippen molar-refractivity contribution in [3.8, 4) is 0 Å². The molecule has 0 bridgehead atoms. The molecule has 0 spiro atoms. The van der Waals surface area contributed by atoms with E-state index in [1.807, 2.05) is 19.2 Å². The first-order chi connectivity index (χ1) is 8.72. The highest BCUT2D eigenvalue weighted by molar-refractivity contribution is 7.99. The first-order valence-electron chi connectivity index (χ1n) is 5.83. The lowest BCUT2D eigenvalue weighted by Crippen LogP contribution is -2.16. The highest BCUT2D eigenvalue weighted by Gasteiger charge is 2.21. The van der Waals surface area contributed by atoms with Gasteiger partial charge < -0.3 is 5.32 Å². The molecule has 0 saturated heterocycles. The quantitative estimate of drug-likeness (QED) is 0.890. The number of benzene rings is 1. The third-order valence-corrected chi connectivity index (χ3v) is 4.90. The molecular weight excluding hydrogens is 267 g/mol. The zero-order valence-corrected chi connectivity index (χ0v) is 11.6. The number of thiazole rings is 1. The molecule has 1 aliphatic rings. The molecule has 2 aromatic rings. The lowest BCUT2D eigenvalue weighted by atomic mass is 10.0. The minimum Gasteiger partial charge on any atom is -0.355 e. The molecular formula is C13H13FN2S2. The van der Waals surface area contributed by atoms with Crippen molar-refractivity contribution in [2.45, 2.75) is 24.3 Å². The van der Waals surface area contributed by atoms with Crippen LogP contribution in [0.15, 0.2) is 29.3 Å². The number of halogens is 1. The maximum absolute atomic E-state index is 13.4. The van der Waals surface area contributed by atoms with Crippen LogP contribution in [-0.2, 0) is 0 Å². The van der Waals surface area contributed by atoms with Gasteiger partial charge in [0.25, 0.3) is 0 Å². The Morgan fingerprint density at radius 3 is 3.11 bits per heavy atom. The number of fused-ring (bicyclic) bond motifs is 1. The largest absolute Gasteiger partial charge is 0.355 e. The molecule has 1 aliphatic heterocycles. The van der Waals surface area contributed by atoms with Gasteiger partial charge in [0.05, 0.1) is 6.04 Å². The van der Waals surface area contributed by atoms with Crippen molar-refractivity contribution >= 4 is 28.2 Å². The molecule has 1 aromatic heterocycles. The van der Waals surface area contributed by atoms with E-state index in [9.17, 15) is 4.39 Å². The van der Waals surface area contributed by atoms with Gasteiger partial charge in [-0.15, -0.1) is 23.1 Å². The normalized spacial score (nSPS) is 18.4. The van der Waals surface area contributed by atoms with Crippen LogP contribution in [0.1, 0.15) is 22.9 Å². The van der Waals surface area contributed by atoms with Crippen LogP contribution in [0.5, 0.6) is 0 Å². The van der Waals surface area contributed by atoms with Gasteiger partial charge in [-0.3, -0.25) is 0 Å². The second kappa shape index (κ2) is 4.90. The fraction of sp³-hybridized carbons (Fsp3) is 0.308. The van der Waals surface area contributed by atoms with Crippen LogP contribution in [0.25, 0.3) is 0 Å². The van der Waals surface area contributed by atoms with Gasteiger partial charge in [-0.2, -0.15) is 0 Å². The predicted molar refractivity (Wildman–Crippen MR) is 75.0 cm³/mol. The fourth-order valence-corrected chi connectivity index (χ4v) is 3.91. The number of thioether (sulfide) groups is 1. The maximum atomic E-state index is 13.4. The van der Waals surface area contributed by atoms with E-state index in [-0.39, 0.29) is 11.9 Å². The number of hydrogen-bond acceptors (Lipinski definition) is 4. The molecule has 1 atom stereocenters. The number of anilines is 1. The van der Waals surface area contributed by atoms with Crippen molar-refractivity contribution in [1.29, 1.82) is 0 Å². The van der Waals surface area contributed by atoms with Crippen LogP contribution in [0.4, 0.5) is 9.52 Å². The second-order valence-electron chi connectivity index (χ2n) is 4.29. The zero-order chi connectivity index (χ0) is 12.5. The first kappa shape index (κ1) is 12.0. The summed E-state index contributed by atoms with van der Waals surface area (Å²) in [6.45, 7) is 2.03. The molecule has 94 valence electrons. The van der Waals surface area contributed by atoms with Gasteiger partial charge in [0.15, 0.2) is 5.13 Å². The molecule has 1 aromatic carbocycles. The van der Waals surface area contributed by atoms with E-state index in [1.54, 1.807) is 29.2 Å². The molecule has 0 saturated carbocycles. The minimum atomic E-state index is -0.168. The van der Waals surface area contributed by atoms with E-state index >= 15 is 0 Å². The van der Waals surface area contributed by atoms with E-state index < -0.39 is 0 Å². The van der Waals surface area contributed by atoms with Crippen molar-refractivity contribution in [2.24, 2.45) is 0 Å². The van der Waals surface area contributed by atoms with Crippen molar-refractivity contribution in [2.75, 3.05) is 11.1 Å². The standard InChI is InChI=1S/C13H13FN2S2/c1-8-7-15-13(18-8)16-11-4-5-17-12-3-2-9(14)6-10(11)12/h2-3,6-7,11H,4-5H2,1H3,(H,15,16). The maximum Gasteiger partial charge on any atom is 0.183 e. The highest BCUT2D eigenvalue weighted by Crippen LogP contribution is 2.38. The van der Waals surface area contributed by atoms with E-state index in [0.717, 1.165) is 22.9 Å². The summed E-state index contributed by atoms with van der Waals surface area (Å²) in [5.41, 5.74) is 1.05. The minimum absolute atomic E-state index is 0.168. The Morgan fingerprint density at radius 2 is 2.33 bits per heavy atom. The lowest BCUT2D eigenvalue weighted by Gasteiger charge is -2.25. The molecule has 5 heteroatoms. The third kappa shape index (κ3) is 2.37. The molecule has 0 amide bonds. The monoisotopic (exact) mass is 280 g/mol. The average Bonchev–Trinajstić information content (AvgIpc) is 2.76. The second-order valence-corrected chi connectivity index (χ2v) is 6.66. The van der Waals surface area contributed by atoms with Crippen LogP contribution in [0.3, 0.4) is 0 Å². The Morgan fingerprint density at radius 1 is 1.44 bits per heavy atom. The van der Waals surface area contributed by atoms with E-state index in [2.05, 4.69) is 10.3 Å². The van der Waals surface area contributed by atoms with Crippen LogP contribution in [0.2, 0.25) is 0 Å². The molecule has 1 N–H and O–H groups in total. The molecule has 0 fully saturated rings. The Bertz CT molecular complexity index is 568. The van der Waals surface area contributed by atoms with Gasteiger partial charge in [0, 0.05) is 21.7 Å². The highest BCUT2D eigenvalue weighted by atomic mass is 32.2. The fourth-order valence-electron chi connectivity index (χ4n) is 2.09. The Kier molecular flexibility index (Phi) is 3.26. The van der Waals surface area contributed by atoms with Crippen molar-refractivity contribution < 1.29 is 4.39 Å². The summed E-state index contributed by atoms with van der Waals surface area (Å²) in [6.07, 6.45) is 2.86. The van der Waals surface area contributed by atoms with Gasteiger partial charge in [0.2, 0.25) is 0 Å². The molecule has 0 aliphatic carbocycles. The van der Waals surface area contributed by atoms with Crippen molar-refractivity contribution in [1.82, 2.24) is 4.98 Å². The third-order valence-electron chi connectivity index (χ3n) is 2.93. The number of aromatic nitrogens is 1. The van der Waals surface area contributed by atoms with Gasteiger partial charge >= 0.3 is 0 Å². The van der Waals surface area contributed by atoms with Crippen LogP contribution in [0, 0.1) is 12.7 Å². The molecule has 0 radical (unpaired) electrons. The Balaban J connectivity index is 1.88. The van der Waals surface area contributed by atoms with Gasteiger partial charge in [-0.1, -0.05) is 0 Å². The number of nitrogens with one attached hydrogen (secondary N) is 1.